The smallest absolute Gasteiger partial charge is 0.292 e. The van der Waals surface area contributed by atoms with Crippen LogP contribution < -0.4 is 0 Å². The van der Waals surface area contributed by atoms with Gasteiger partial charge in [0.05, 0.1) is 5.69 Å². The highest BCUT2D eigenvalue weighted by Gasteiger charge is 2.21. The second-order valence-corrected chi connectivity index (χ2v) is 5.36. The van der Waals surface area contributed by atoms with Gasteiger partial charge < -0.3 is 9.42 Å². The summed E-state index contributed by atoms with van der Waals surface area (Å²) in [6.45, 7) is 3.78. The van der Waals surface area contributed by atoms with Crippen molar-refractivity contribution in [2.45, 2.75) is 26.3 Å². The quantitative estimate of drug-likeness (QED) is 0.868. The lowest BCUT2D eigenvalue weighted by molar-refractivity contribution is 0.0701. The number of aryl methyl sites for hydroxylation is 1. The Morgan fingerprint density at radius 2 is 2.05 bits per heavy atom. The van der Waals surface area contributed by atoms with Crippen molar-refractivity contribution in [3.63, 3.8) is 0 Å². The van der Waals surface area contributed by atoms with Gasteiger partial charge in [-0.2, -0.15) is 0 Å². The standard InChI is InChI=1S/C15H17ClN2O2/c1-10-8-14(20-17-10)15(19)18(3)11(2)9-12-4-6-13(16)7-5-12/h4-8,11H,9H2,1-3H3/t11-/m1/s1. The molecule has 0 radical (unpaired) electrons. The minimum Gasteiger partial charge on any atom is -0.351 e. The number of amides is 1. The van der Waals surface area contributed by atoms with Crippen LogP contribution in [0.4, 0.5) is 0 Å². The van der Waals surface area contributed by atoms with E-state index in [0.717, 1.165) is 12.0 Å². The van der Waals surface area contributed by atoms with Crippen LogP contribution in [0, 0.1) is 6.92 Å². The lowest BCUT2D eigenvalue weighted by atomic mass is 10.1. The first kappa shape index (κ1) is 14.6. The molecule has 0 aliphatic heterocycles. The van der Waals surface area contributed by atoms with E-state index in [9.17, 15) is 4.79 Å². The van der Waals surface area contributed by atoms with Gasteiger partial charge in [-0.1, -0.05) is 28.9 Å². The molecule has 0 unspecified atom stereocenters. The molecule has 0 aliphatic rings. The lowest BCUT2D eigenvalue weighted by Crippen LogP contribution is -2.36. The van der Waals surface area contributed by atoms with Gasteiger partial charge in [-0.05, 0) is 38.0 Å². The molecule has 1 aromatic carbocycles. The van der Waals surface area contributed by atoms with E-state index in [1.54, 1.807) is 24.9 Å². The molecule has 1 aromatic heterocycles. The summed E-state index contributed by atoms with van der Waals surface area (Å²) in [5.41, 5.74) is 1.84. The van der Waals surface area contributed by atoms with Gasteiger partial charge in [0.1, 0.15) is 0 Å². The van der Waals surface area contributed by atoms with Gasteiger partial charge in [-0.3, -0.25) is 4.79 Å². The molecule has 20 heavy (non-hydrogen) atoms. The first-order valence-electron chi connectivity index (χ1n) is 6.42. The topological polar surface area (TPSA) is 46.3 Å². The maximum absolute atomic E-state index is 12.2. The van der Waals surface area contributed by atoms with Crippen LogP contribution in [-0.2, 0) is 6.42 Å². The number of carbonyl (C=O) groups excluding carboxylic acids is 1. The lowest BCUT2D eigenvalue weighted by Gasteiger charge is -2.23. The van der Waals surface area contributed by atoms with E-state index >= 15 is 0 Å². The fourth-order valence-electron chi connectivity index (χ4n) is 1.94. The molecule has 1 heterocycles. The molecule has 4 nitrogen and oxygen atoms in total. The van der Waals surface area contributed by atoms with Gasteiger partial charge in [0.15, 0.2) is 0 Å². The highest BCUT2D eigenvalue weighted by molar-refractivity contribution is 6.30. The molecule has 0 N–H and O–H groups in total. The van der Waals surface area contributed by atoms with Gasteiger partial charge in [-0.25, -0.2) is 0 Å². The molecule has 0 saturated heterocycles. The second kappa shape index (κ2) is 6.09. The van der Waals surface area contributed by atoms with Crippen LogP contribution in [0.15, 0.2) is 34.9 Å². The zero-order chi connectivity index (χ0) is 14.7. The molecule has 106 valence electrons. The Labute approximate surface area is 123 Å². The van der Waals surface area contributed by atoms with Crippen LogP contribution in [0.25, 0.3) is 0 Å². The summed E-state index contributed by atoms with van der Waals surface area (Å²) in [6, 6.07) is 9.34. The highest BCUT2D eigenvalue weighted by Crippen LogP contribution is 2.14. The molecular weight excluding hydrogens is 276 g/mol. The first-order chi connectivity index (χ1) is 9.47. The number of hydrogen-bond donors (Lipinski definition) is 0. The third-order valence-corrected chi connectivity index (χ3v) is 3.52. The van der Waals surface area contributed by atoms with Gasteiger partial charge in [0, 0.05) is 24.2 Å². The zero-order valence-electron chi connectivity index (χ0n) is 11.8. The number of hydrogen-bond acceptors (Lipinski definition) is 3. The second-order valence-electron chi connectivity index (χ2n) is 4.93. The summed E-state index contributed by atoms with van der Waals surface area (Å²) in [6.07, 6.45) is 0.756. The molecule has 0 aliphatic carbocycles. The maximum atomic E-state index is 12.2. The summed E-state index contributed by atoms with van der Waals surface area (Å²) in [5, 5.41) is 4.45. The van der Waals surface area contributed by atoms with Crippen LogP contribution in [-0.4, -0.2) is 29.1 Å². The van der Waals surface area contributed by atoms with E-state index in [0.29, 0.717) is 10.7 Å². The van der Waals surface area contributed by atoms with Crippen molar-refractivity contribution >= 4 is 17.5 Å². The Kier molecular flexibility index (Phi) is 4.45. The number of rotatable bonds is 4. The third-order valence-electron chi connectivity index (χ3n) is 3.26. The van der Waals surface area contributed by atoms with Crippen molar-refractivity contribution in [3.8, 4) is 0 Å². The summed E-state index contributed by atoms with van der Waals surface area (Å²) in [4.78, 5) is 13.9. The molecule has 0 fully saturated rings. The van der Waals surface area contributed by atoms with E-state index in [-0.39, 0.29) is 17.7 Å². The maximum Gasteiger partial charge on any atom is 0.292 e. The van der Waals surface area contributed by atoms with E-state index < -0.39 is 0 Å². The monoisotopic (exact) mass is 292 g/mol. The fraction of sp³-hybridized carbons (Fsp3) is 0.333. The molecule has 1 atom stereocenters. The number of aromatic nitrogens is 1. The van der Waals surface area contributed by atoms with Gasteiger partial charge in [0.25, 0.3) is 5.91 Å². The summed E-state index contributed by atoms with van der Waals surface area (Å²) < 4.78 is 5.00. The van der Waals surface area contributed by atoms with E-state index in [1.807, 2.05) is 31.2 Å². The zero-order valence-corrected chi connectivity index (χ0v) is 12.5. The molecule has 2 rings (SSSR count). The number of likely N-dealkylation sites (N-methyl/N-ethyl adjacent to an activating group) is 1. The van der Waals surface area contributed by atoms with Crippen LogP contribution in [0.3, 0.4) is 0 Å². The minimum atomic E-state index is -0.160. The number of benzene rings is 1. The van der Waals surface area contributed by atoms with E-state index in [1.165, 1.54) is 0 Å². The highest BCUT2D eigenvalue weighted by atomic mass is 35.5. The minimum absolute atomic E-state index is 0.0501. The average molecular weight is 293 g/mol. The Bertz CT molecular complexity index is 592. The van der Waals surface area contributed by atoms with Crippen LogP contribution in [0.2, 0.25) is 5.02 Å². The van der Waals surface area contributed by atoms with Gasteiger partial charge >= 0.3 is 0 Å². The summed E-state index contributed by atoms with van der Waals surface area (Å²) in [5.74, 6) is 0.111. The third kappa shape index (κ3) is 3.39. The Hall–Kier alpha value is -1.81. The largest absolute Gasteiger partial charge is 0.351 e. The average Bonchev–Trinajstić information content (AvgIpc) is 2.86. The van der Waals surface area contributed by atoms with Crippen molar-refractivity contribution in [2.24, 2.45) is 0 Å². The van der Waals surface area contributed by atoms with Crippen molar-refractivity contribution in [1.82, 2.24) is 10.1 Å². The van der Waals surface area contributed by atoms with E-state index in [2.05, 4.69) is 5.16 Å². The summed E-state index contributed by atoms with van der Waals surface area (Å²) >= 11 is 5.86. The molecule has 1 amide bonds. The van der Waals surface area contributed by atoms with Crippen LogP contribution in [0.5, 0.6) is 0 Å². The first-order valence-corrected chi connectivity index (χ1v) is 6.80. The molecule has 0 saturated carbocycles. The number of carbonyl (C=O) groups is 1. The number of nitrogens with zero attached hydrogens (tertiary/aromatic N) is 2. The Morgan fingerprint density at radius 3 is 2.60 bits per heavy atom. The van der Waals surface area contributed by atoms with Gasteiger partial charge in [0.2, 0.25) is 5.76 Å². The molecular formula is C15H17ClN2O2. The van der Waals surface area contributed by atoms with Crippen molar-refractivity contribution < 1.29 is 9.32 Å². The fourth-order valence-corrected chi connectivity index (χ4v) is 2.06. The van der Waals surface area contributed by atoms with Crippen LogP contribution in [0.1, 0.15) is 28.7 Å². The molecule has 2 aromatic rings. The van der Waals surface area contributed by atoms with Crippen molar-refractivity contribution in [1.29, 1.82) is 0 Å². The Balaban J connectivity index is 2.03. The van der Waals surface area contributed by atoms with Gasteiger partial charge in [-0.15, -0.1) is 0 Å². The summed E-state index contributed by atoms with van der Waals surface area (Å²) in [7, 11) is 1.76. The Morgan fingerprint density at radius 1 is 1.40 bits per heavy atom. The predicted molar refractivity (Wildman–Crippen MR) is 78.0 cm³/mol. The normalized spacial score (nSPS) is 12.2. The number of halogens is 1. The molecule has 5 heteroatoms. The van der Waals surface area contributed by atoms with Crippen molar-refractivity contribution in [3.05, 3.63) is 52.4 Å². The molecule has 0 bridgehead atoms. The van der Waals surface area contributed by atoms with E-state index in [4.69, 9.17) is 16.1 Å². The predicted octanol–water partition coefficient (Wildman–Crippen LogP) is 3.34. The molecule has 0 spiro atoms. The van der Waals surface area contributed by atoms with Crippen LogP contribution >= 0.6 is 11.6 Å². The SMILES string of the molecule is Cc1cc(C(=O)N(C)[C@H](C)Cc2ccc(Cl)cc2)on1. The van der Waals surface area contributed by atoms with Crippen molar-refractivity contribution in [2.75, 3.05) is 7.05 Å².